The number of imide groups is 1. The molecule has 2 aromatic rings. The molecule has 1 fully saturated rings. The predicted octanol–water partition coefficient (Wildman–Crippen LogP) is 0.439. The first-order valence-corrected chi connectivity index (χ1v) is 6.96. The maximum Gasteiger partial charge on any atom is 0.262 e. The van der Waals surface area contributed by atoms with Crippen LogP contribution in [0, 0.1) is 6.92 Å². The summed E-state index contributed by atoms with van der Waals surface area (Å²) in [5.74, 6) is -0.393. The molecule has 0 spiro atoms. The number of carbonyl (C=O) groups excluding carboxylic acids is 2. The van der Waals surface area contributed by atoms with Gasteiger partial charge < -0.3 is 5.73 Å². The van der Waals surface area contributed by atoms with E-state index >= 15 is 0 Å². The van der Waals surface area contributed by atoms with Gasteiger partial charge >= 0.3 is 0 Å². The number of nitrogen functional groups attached to an aromatic ring is 1. The fourth-order valence-electron chi connectivity index (χ4n) is 2.90. The molecule has 7 heteroatoms. The molecule has 22 heavy (non-hydrogen) atoms. The Morgan fingerprint density at radius 1 is 1.32 bits per heavy atom. The quantitative estimate of drug-likeness (QED) is 0.587. The molecule has 1 saturated heterocycles. The van der Waals surface area contributed by atoms with E-state index in [1.165, 1.54) is 4.57 Å². The molecule has 1 aliphatic heterocycles. The van der Waals surface area contributed by atoms with Crippen molar-refractivity contribution >= 4 is 28.4 Å². The molecule has 2 heterocycles. The Morgan fingerprint density at radius 2 is 2.05 bits per heavy atom. The Bertz CT molecular complexity index is 871. The van der Waals surface area contributed by atoms with Crippen LogP contribution in [0.2, 0.25) is 0 Å². The number of hydrogen-bond donors (Lipinski definition) is 2. The SMILES string of the molecule is Cc1nc2cc(N)ccc2c(=O)n1[C@]1(C)CCC(=O)NC1=O. The summed E-state index contributed by atoms with van der Waals surface area (Å²) in [6, 6.07) is 4.85. The molecule has 2 amide bonds. The number of nitrogens with zero attached hydrogens (tertiary/aromatic N) is 2. The lowest BCUT2D eigenvalue weighted by atomic mass is 9.90. The van der Waals surface area contributed by atoms with Gasteiger partial charge in [0.1, 0.15) is 11.4 Å². The minimum Gasteiger partial charge on any atom is -0.399 e. The first-order chi connectivity index (χ1) is 10.3. The van der Waals surface area contributed by atoms with Gasteiger partial charge in [0, 0.05) is 12.1 Å². The average molecular weight is 300 g/mol. The van der Waals surface area contributed by atoms with Crippen LogP contribution >= 0.6 is 0 Å². The molecule has 1 aromatic carbocycles. The largest absolute Gasteiger partial charge is 0.399 e. The summed E-state index contributed by atoms with van der Waals surface area (Å²) < 4.78 is 1.37. The van der Waals surface area contributed by atoms with Crippen molar-refractivity contribution in [3.63, 3.8) is 0 Å². The third-order valence-corrected chi connectivity index (χ3v) is 4.14. The molecule has 1 aliphatic rings. The highest BCUT2D eigenvalue weighted by Crippen LogP contribution is 2.26. The number of aryl methyl sites for hydroxylation is 1. The molecule has 0 radical (unpaired) electrons. The monoisotopic (exact) mass is 300 g/mol. The number of hydrogen-bond acceptors (Lipinski definition) is 5. The Hall–Kier alpha value is -2.70. The van der Waals surface area contributed by atoms with E-state index < -0.39 is 11.4 Å². The standard InChI is InChI=1S/C15H16N4O3/c1-8-17-11-7-9(16)3-4-10(11)13(21)19(8)15(2)6-5-12(20)18-14(15)22/h3-4,7H,5-6,16H2,1-2H3,(H,18,20,22)/t15-/m1/s1. The van der Waals surface area contributed by atoms with Crippen molar-refractivity contribution in [1.29, 1.82) is 0 Å². The number of aromatic nitrogens is 2. The zero-order valence-electron chi connectivity index (χ0n) is 12.3. The lowest BCUT2D eigenvalue weighted by Gasteiger charge is -2.34. The first-order valence-electron chi connectivity index (χ1n) is 6.96. The van der Waals surface area contributed by atoms with Gasteiger partial charge in [-0.15, -0.1) is 0 Å². The predicted molar refractivity (Wildman–Crippen MR) is 81.2 cm³/mol. The zero-order valence-corrected chi connectivity index (χ0v) is 12.3. The van der Waals surface area contributed by atoms with Crippen molar-refractivity contribution in [2.45, 2.75) is 32.2 Å². The molecular formula is C15H16N4O3. The van der Waals surface area contributed by atoms with Crippen molar-refractivity contribution in [3.05, 3.63) is 34.4 Å². The number of amides is 2. The number of fused-ring (bicyclic) bond motifs is 1. The Balaban J connectivity index is 2.27. The second-order valence-electron chi connectivity index (χ2n) is 5.73. The zero-order chi connectivity index (χ0) is 16.1. The summed E-state index contributed by atoms with van der Waals surface area (Å²) in [7, 11) is 0. The Morgan fingerprint density at radius 3 is 2.73 bits per heavy atom. The molecule has 1 aromatic heterocycles. The molecule has 0 saturated carbocycles. The van der Waals surface area contributed by atoms with Gasteiger partial charge in [0.05, 0.1) is 10.9 Å². The Labute approximate surface area is 126 Å². The van der Waals surface area contributed by atoms with Crippen LogP contribution in [0.1, 0.15) is 25.6 Å². The van der Waals surface area contributed by atoms with Crippen molar-refractivity contribution in [2.24, 2.45) is 0 Å². The minimum atomic E-state index is -1.13. The fourth-order valence-corrected chi connectivity index (χ4v) is 2.90. The van der Waals surface area contributed by atoms with E-state index in [9.17, 15) is 14.4 Å². The molecule has 0 unspecified atom stereocenters. The number of nitrogens with two attached hydrogens (primary N) is 1. The van der Waals surface area contributed by atoms with Crippen LogP contribution in [-0.2, 0) is 15.1 Å². The van der Waals surface area contributed by atoms with Crippen LogP contribution in [0.15, 0.2) is 23.0 Å². The minimum absolute atomic E-state index is 0.188. The number of anilines is 1. The summed E-state index contributed by atoms with van der Waals surface area (Å²) in [6.07, 6.45) is 0.453. The van der Waals surface area contributed by atoms with Gasteiger partial charge in [0.2, 0.25) is 5.91 Å². The van der Waals surface area contributed by atoms with E-state index in [1.54, 1.807) is 32.0 Å². The molecular weight excluding hydrogens is 284 g/mol. The molecule has 1 atom stereocenters. The second kappa shape index (κ2) is 4.66. The summed E-state index contributed by atoms with van der Waals surface area (Å²) >= 11 is 0. The van der Waals surface area contributed by atoms with Crippen molar-refractivity contribution in [2.75, 3.05) is 5.73 Å². The van der Waals surface area contributed by atoms with Gasteiger partial charge in [-0.2, -0.15) is 0 Å². The fraction of sp³-hybridized carbons (Fsp3) is 0.333. The third-order valence-electron chi connectivity index (χ3n) is 4.14. The smallest absolute Gasteiger partial charge is 0.262 e. The number of rotatable bonds is 1. The van der Waals surface area contributed by atoms with Gasteiger partial charge in [-0.3, -0.25) is 24.3 Å². The van der Waals surface area contributed by atoms with Gasteiger partial charge in [0.15, 0.2) is 0 Å². The summed E-state index contributed by atoms with van der Waals surface area (Å²) in [5.41, 5.74) is 5.29. The third kappa shape index (κ3) is 1.97. The summed E-state index contributed by atoms with van der Waals surface area (Å²) in [4.78, 5) is 40.8. The number of nitrogens with one attached hydrogen (secondary N) is 1. The lowest BCUT2D eigenvalue weighted by molar-refractivity contribution is -0.140. The van der Waals surface area contributed by atoms with E-state index in [0.29, 0.717) is 22.4 Å². The van der Waals surface area contributed by atoms with E-state index in [-0.39, 0.29) is 24.3 Å². The van der Waals surface area contributed by atoms with Gasteiger partial charge in [-0.05, 0) is 38.5 Å². The highest BCUT2D eigenvalue weighted by molar-refractivity contribution is 6.01. The van der Waals surface area contributed by atoms with Crippen LogP contribution in [-0.4, -0.2) is 21.4 Å². The van der Waals surface area contributed by atoms with E-state index in [4.69, 9.17) is 5.73 Å². The van der Waals surface area contributed by atoms with Crippen LogP contribution in [0.5, 0.6) is 0 Å². The average Bonchev–Trinajstić information content (AvgIpc) is 2.43. The Kier molecular flexibility index (Phi) is 3.01. The van der Waals surface area contributed by atoms with Crippen LogP contribution in [0.25, 0.3) is 10.9 Å². The normalized spacial score (nSPS) is 21.9. The molecule has 3 N–H and O–H groups in total. The number of piperidine rings is 1. The van der Waals surface area contributed by atoms with Crippen molar-refractivity contribution in [1.82, 2.24) is 14.9 Å². The van der Waals surface area contributed by atoms with Crippen molar-refractivity contribution < 1.29 is 9.59 Å². The van der Waals surface area contributed by atoms with Crippen LogP contribution in [0.3, 0.4) is 0 Å². The molecule has 3 rings (SSSR count). The van der Waals surface area contributed by atoms with E-state index in [2.05, 4.69) is 10.3 Å². The topological polar surface area (TPSA) is 107 Å². The van der Waals surface area contributed by atoms with Crippen LogP contribution < -0.4 is 16.6 Å². The maximum atomic E-state index is 12.8. The van der Waals surface area contributed by atoms with Crippen molar-refractivity contribution in [3.8, 4) is 0 Å². The van der Waals surface area contributed by atoms with Gasteiger partial charge in [-0.1, -0.05) is 0 Å². The summed E-state index contributed by atoms with van der Waals surface area (Å²) in [5, 5.41) is 2.69. The molecule has 0 aliphatic carbocycles. The molecule has 7 nitrogen and oxygen atoms in total. The maximum absolute atomic E-state index is 12.8. The second-order valence-corrected chi connectivity index (χ2v) is 5.73. The number of benzene rings is 1. The van der Waals surface area contributed by atoms with Gasteiger partial charge in [0.25, 0.3) is 11.5 Å². The highest BCUT2D eigenvalue weighted by atomic mass is 16.2. The molecule has 0 bridgehead atoms. The van der Waals surface area contributed by atoms with Crippen LogP contribution in [0.4, 0.5) is 5.69 Å². The number of carbonyl (C=O) groups is 2. The van der Waals surface area contributed by atoms with E-state index in [0.717, 1.165) is 0 Å². The first kappa shape index (κ1) is 14.2. The lowest BCUT2D eigenvalue weighted by Crippen LogP contribution is -2.56. The summed E-state index contributed by atoms with van der Waals surface area (Å²) in [6.45, 7) is 3.31. The highest BCUT2D eigenvalue weighted by Gasteiger charge is 2.42. The van der Waals surface area contributed by atoms with E-state index in [1.807, 2.05) is 0 Å². The molecule has 114 valence electrons. The van der Waals surface area contributed by atoms with Gasteiger partial charge in [-0.25, -0.2) is 4.98 Å².